The van der Waals surface area contributed by atoms with Crippen LogP contribution in [0.3, 0.4) is 0 Å². The molecule has 33 heavy (non-hydrogen) atoms. The summed E-state index contributed by atoms with van der Waals surface area (Å²) in [6.07, 6.45) is 7.13. The maximum Gasteiger partial charge on any atom is 0.122 e. The van der Waals surface area contributed by atoms with Gasteiger partial charge in [-0.2, -0.15) is 0 Å². The predicted octanol–water partition coefficient (Wildman–Crippen LogP) is 7.89. The van der Waals surface area contributed by atoms with Crippen molar-refractivity contribution in [2.24, 2.45) is 5.18 Å². The molecule has 166 valence electrons. The van der Waals surface area contributed by atoms with Gasteiger partial charge in [-0.25, -0.2) is 4.98 Å². The first kappa shape index (κ1) is 22.6. The first-order valence-electron chi connectivity index (χ1n) is 11.5. The molecule has 1 heterocycles. The molecule has 0 unspecified atom stereocenters. The zero-order chi connectivity index (χ0) is 23.3. The summed E-state index contributed by atoms with van der Waals surface area (Å²) in [5.41, 5.74) is 7.22. The van der Waals surface area contributed by atoms with Gasteiger partial charge in [-0.05, 0) is 86.1 Å². The first-order chi connectivity index (χ1) is 15.9. The van der Waals surface area contributed by atoms with E-state index in [1.165, 1.54) is 22.3 Å². The third kappa shape index (κ3) is 5.61. The molecule has 3 heteroatoms. The van der Waals surface area contributed by atoms with Crippen LogP contribution >= 0.6 is 0 Å². The van der Waals surface area contributed by atoms with Gasteiger partial charge >= 0.3 is 0 Å². The topological polar surface area (TPSA) is 42.3 Å². The molecule has 3 aromatic carbocycles. The third-order valence-electron chi connectivity index (χ3n) is 6.08. The van der Waals surface area contributed by atoms with Crippen molar-refractivity contribution in [3.63, 3.8) is 0 Å². The maximum absolute atomic E-state index is 11.3. The van der Waals surface area contributed by atoms with E-state index in [1.807, 2.05) is 32.0 Å². The number of benzene rings is 3. The molecule has 0 aliphatic heterocycles. The minimum Gasteiger partial charge on any atom is -0.248 e. The fraction of sp³-hybridized carbons (Fsp3) is 0.233. The number of rotatable bonds is 8. The van der Waals surface area contributed by atoms with Crippen LogP contribution in [0.4, 0.5) is 0 Å². The lowest BCUT2D eigenvalue weighted by atomic mass is 9.88. The monoisotopic (exact) mass is 434 g/mol. The Morgan fingerprint density at radius 3 is 2.55 bits per heavy atom. The van der Waals surface area contributed by atoms with Crippen molar-refractivity contribution < 1.29 is 0 Å². The Morgan fingerprint density at radius 1 is 0.879 bits per heavy atom. The molecule has 1 aromatic heterocycles. The number of hydrogen-bond donors (Lipinski definition) is 0. The van der Waals surface area contributed by atoms with E-state index in [0.717, 1.165) is 41.4 Å². The lowest BCUT2D eigenvalue weighted by molar-refractivity contribution is 0.544. The number of hydrogen-bond acceptors (Lipinski definition) is 3. The van der Waals surface area contributed by atoms with Gasteiger partial charge in [-0.1, -0.05) is 78.0 Å². The normalized spacial score (nSPS) is 11.8. The Labute approximate surface area is 196 Å². The Kier molecular flexibility index (Phi) is 6.79. The number of fused-ring (bicyclic) bond motifs is 1. The smallest absolute Gasteiger partial charge is 0.122 e. The van der Waals surface area contributed by atoms with Crippen LogP contribution in [-0.4, -0.2) is 4.98 Å². The SMILES string of the molecule is Cc1ccc2ccc(/C=C/c3cccc(CCCc4ccccc4C(C)(C)N=O)c3)nc2c1. The number of aryl methyl sites for hydroxylation is 3. The molecule has 0 bridgehead atoms. The van der Waals surface area contributed by atoms with Crippen LogP contribution in [0.2, 0.25) is 0 Å². The van der Waals surface area contributed by atoms with Crippen molar-refractivity contribution in [2.45, 2.75) is 45.6 Å². The van der Waals surface area contributed by atoms with Gasteiger partial charge in [0.25, 0.3) is 0 Å². The minimum atomic E-state index is -0.698. The summed E-state index contributed by atoms with van der Waals surface area (Å²) in [7, 11) is 0. The van der Waals surface area contributed by atoms with Crippen molar-refractivity contribution in [3.05, 3.63) is 117 Å². The van der Waals surface area contributed by atoms with Gasteiger partial charge in [0.2, 0.25) is 0 Å². The van der Waals surface area contributed by atoms with Gasteiger partial charge in [0.05, 0.1) is 11.2 Å². The molecular formula is C30H30N2O. The first-order valence-corrected chi connectivity index (χ1v) is 11.5. The minimum absolute atomic E-state index is 0.698. The molecule has 0 N–H and O–H groups in total. The van der Waals surface area contributed by atoms with E-state index in [0.29, 0.717) is 0 Å². The molecule has 0 aliphatic rings. The van der Waals surface area contributed by atoms with Crippen LogP contribution in [0.15, 0.2) is 84.0 Å². The zero-order valence-corrected chi connectivity index (χ0v) is 19.6. The van der Waals surface area contributed by atoms with E-state index in [1.54, 1.807) is 0 Å². The van der Waals surface area contributed by atoms with Gasteiger partial charge in [0.15, 0.2) is 0 Å². The Hall–Kier alpha value is -3.59. The lowest BCUT2D eigenvalue weighted by Crippen LogP contribution is -2.15. The van der Waals surface area contributed by atoms with E-state index in [2.05, 4.69) is 84.9 Å². The van der Waals surface area contributed by atoms with Crippen LogP contribution in [0, 0.1) is 11.8 Å². The number of pyridine rings is 1. The van der Waals surface area contributed by atoms with Crippen molar-refractivity contribution in [2.75, 3.05) is 0 Å². The lowest BCUT2D eigenvalue weighted by Gasteiger charge is -2.20. The van der Waals surface area contributed by atoms with Crippen LogP contribution < -0.4 is 0 Å². The molecular weight excluding hydrogens is 404 g/mol. The molecule has 0 saturated carbocycles. The third-order valence-corrected chi connectivity index (χ3v) is 6.08. The highest BCUT2D eigenvalue weighted by atomic mass is 16.3. The summed E-state index contributed by atoms with van der Waals surface area (Å²) < 4.78 is 0. The van der Waals surface area contributed by atoms with Crippen LogP contribution in [0.5, 0.6) is 0 Å². The number of nitrogens with zero attached hydrogens (tertiary/aromatic N) is 2. The highest BCUT2D eigenvalue weighted by Crippen LogP contribution is 2.28. The van der Waals surface area contributed by atoms with E-state index in [-0.39, 0.29) is 0 Å². The zero-order valence-electron chi connectivity index (χ0n) is 19.6. The molecule has 0 atom stereocenters. The summed E-state index contributed by atoms with van der Waals surface area (Å²) in [5, 5.41) is 4.49. The van der Waals surface area contributed by atoms with Gasteiger partial charge in [0.1, 0.15) is 5.54 Å². The molecule has 4 rings (SSSR count). The van der Waals surface area contributed by atoms with Crippen molar-refractivity contribution in [3.8, 4) is 0 Å². The second-order valence-electron chi connectivity index (χ2n) is 9.17. The highest BCUT2D eigenvalue weighted by molar-refractivity contribution is 5.81. The highest BCUT2D eigenvalue weighted by Gasteiger charge is 2.23. The molecule has 0 aliphatic carbocycles. The van der Waals surface area contributed by atoms with Gasteiger partial charge < -0.3 is 0 Å². The largest absolute Gasteiger partial charge is 0.248 e. The Bertz CT molecular complexity index is 1300. The summed E-state index contributed by atoms with van der Waals surface area (Å²) >= 11 is 0. The molecule has 0 fully saturated rings. The van der Waals surface area contributed by atoms with Crippen molar-refractivity contribution >= 4 is 23.1 Å². The second-order valence-corrected chi connectivity index (χ2v) is 9.17. The van der Waals surface area contributed by atoms with E-state index < -0.39 is 5.54 Å². The van der Waals surface area contributed by atoms with E-state index in [4.69, 9.17) is 4.98 Å². The van der Waals surface area contributed by atoms with E-state index >= 15 is 0 Å². The van der Waals surface area contributed by atoms with E-state index in [9.17, 15) is 4.91 Å². The standard InChI is InChI=1S/C30H30N2O/c1-22-14-16-26-17-19-27(31-29(26)20-22)18-15-24-9-6-8-23(21-24)10-7-12-25-11-4-5-13-28(25)30(2,3)32-33/h4-6,8-9,11,13-21H,7,10,12H2,1-3H3/b18-15+. The summed E-state index contributed by atoms with van der Waals surface area (Å²) in [6, 6.07) is 27.3. The van der Waals surface area contributed by atoms with Crippen LogP contribution in [0.25, 0.3) is 23.1 Å². The average Bonchev–Trinajstić information content (AvgIpc) is 2.83. The Morgan fingerprint density at radius 2 is 1.70 bits per heavy atom. The van der Waals surface area contributed by atoms with Gasteiger partial charge in [0, 0.05) is 5.39 Å². The van der Waals surface area contributed by atoms with Crippen LogP contribution in [-0.2, 0) is 18.4 Å². The quantitative estimate of drug-likeness (QED) is 0.265. The summed E-state index contributed by atoms with van der Waals surface area (Å²) in [5.74, 6) is 0. The molecule has 0 radical (unpaired) electrons. The molecule has 4 aromatic rings. The molecule has 3 nitrogen and oxygen atoms in total. The van der Waals surface area contributed by atoms with Crippen molar-refractivity contribution in [1.29, 1.82) is 0 Å². The number of nitroso groups, excluding NO2 is 1. The average molecular weight is 435 g/mol. The predicted molar refractivity (Wildman–Crippen MR) is 139 cm³/mol. The Balaban J connectivity index is 1.42. The van der Waals surface area contributed by atoms with Crippen molar-refractivity contribution in [1.82, 2.24) is 4.98 Å². The fourth-order valence-corrected chi connectivity index (χ4v) is 4.24. The maximum atomic E-state index is 11.3. The van der Waals surface area contributed by atoms with Gasteiger partial charge in [-0.3, -0.25) is 0 Å². The fourth-order valence-electron chi connectivity index (χ4n) is 4.24. The van der Waals surface area contributed by atoms with Gasteiger partial charge in [-0.15, -0.1) is 4.91 Å². The number of aromatic nitrogens is 1. The van der Waals surface area contributed by atoms with Crippen LogP contribution in [0.1, 0.15) is 53.8 Å². The molecule has 0 saturated heterocycles. The summed E-state index contributed by atoms with van der Waals surface area (Å²) in [4.78, 5) is 16.1. The molecule has 0 spiro atoms. The second kappa shape index (κ2) is 9.91. The molecule has 0 amide bonds. The summed E-state index contributed by atoms with van der Waals surface area (Å²) in [6.45, 7) is 5.84.